The largest absolute Gasteiger partial charge is 0.460 e. The van der Waals surface area contributed by atoms with E-state index in [2.05, 4.69) is 20.9 Å². The van der Waals surface area contributed by atoms with Gasteiger partial charge in [-0.15, -0.1) is 0 Å². The second-order valence-corrected chi connectivity index (χ2v) is 6.04. The van der Waals surface area contributed by atoms with Gasteiger partial charge in [0.2, 0.25) is 6.29 Å². The third kappa shape index (κ3) is 2.65. The minimum atomic E-state index is -1.36. The van der Waals surface area contributed by atoms with Gasteiger partial charge in [-0.1, -0.05) is 11.6 Å². The molecule has 21 heavy (non-hydrogen) atoms. The summed E-state index contributed by atoms with van der Waals surface area (Å²) in [7, 11) is 0. The third-order valence-electron chi connectivity index (χ3n) is 3.40. The van der Waals surface area contributed by atoms with Crippen LogP contribution in [0.4, 0.5) is 0 Å². The van der Waals surface area contributed by atoms with Crippen molar-refractivity contribution in [2.45, 2.75) is 24.6 Å². The normalized spacial score (nSPS) is 29.8. The molecular weight excluding hydrogens is 366 g/mol. The number of rotatable bonds is 2. The van der Waals surface area contributed by atoms with Crippen molar-refractivity contribution < 1.29 is 24.8 Å². The van der Waals surface area contributed by atoms with Gasteiger partial charge in [0.05, 0.1) is 22.5 Å². The Morgan fingerprint density at radius 1 is 1.29 bits per heavy atom. The minimum Gasteiger partial charge on any atom is -0.460 e. The van der Waals surface area contributed by atoms with Crippen molar-refractivity contribution in [2.75, 3.05) is 6.61 Å². The van der Waals surface area contributed by atoms with Crippen LogP contribution in [0.5, 0.6) is 5.75 Å². The molecule has 1 aromatic carbocycles. The molecule has 1 aromatic heterocycles. The molecule has 3 rings (SSSR count). The Hall–Kier alpha value is -0.830. The van der Waals surface area contributed by atoms with E-state index in [-0.39, 0.29) is 6.61 Å². The standard InChI is InChI=1S/C13H13BrClNO5/c14-5-1-2-6-9(10(5)15)8(3-16-6)21-13-12(19)11(18)7(17)4-20-13/h1-3,7,11-13,16-19H,4H2/t7-,11+,12-,13+/m0/s1. The molecule has 114 valence electrons. The maximum atomic E-state index is 9.89. The minimum absolute atomic E-state index is 0.122. The number of nitrogens with one attached hydrogen (secondary N) is 1. The third-order valence-corrected chi connectivity index (χ3v) is 4.68. The van der Waals surface area contributed by atoms with Gasteiger partial charge >= 0.3 is 0 Å². The van der Waals surface area contributed by atoms with Crippen LogP contribution in [0.1, 0.15) is 0 Å². The number of halogens is 2. The lowest BCUT2D eigenvalue weighted by Crippen LogP contribution is -2.54. The second-order valence-electron chi connectivity index (χ2n) is 4.80. The number of aliphatic hydroxyl groups is 3. The van der Waals surface area contributed by atoms with Gasteiger partial charge in [-0.2, -0.15) is 0 Å². The molecular formula is C13H13BrClNO5. The van der Waals surface area contributed by atoms with Gasteiger partial charge in [0.25, 0.3) is 0 Å². The van der Waals surface area contributed by atoms with E-state index < -0.39 is 24.6 Å². The molecule has 0 aliphatic carbocycles. The summed E-state index contributed by atoms with van der Waals surface area (Å²) in [5.74, 6) is 0.393. The summed E-state index contributed by atoms with van der Waals surface area (Å²) in [5, 5.41) is 30.1. The first-order valence-corrected chi connectivity index (χ1v) is 7.43. The molecule has 4 atom stereocenters. The van der Waals surface area contributed by atoms with Gasteiger partial charge in [-0.25, -0.2) is 0 Å². The van der Waals surface area contributed by atoms with E-state index in [4.69, 9.17) is 21.1 Å². The number of fused-ring (bicyclic) bond motifs is 1. The lowest BCUT2D eigenvalue weighted by Gasteiger charge is -2.34. The number of aromatic nitrogens is 1. The number of H-pyrrole nitrogens is 1. The molecule has 1 aliphatic rings. The van der Waals surface area contributed by atoms with Crippen LogP contribution in [0.2, 0.25) is 5.02 Å². The Labute approximate surface area is 133 Å². The zero-order chi connectivity index (χ0) is 15.1. The molecule has 1 aliphatic heterocycles. The summed E-state index contributed by atoms with van der Waals surface area (Å²) in [6, 6.07) is 3.63. The molecule has 4 N–H and O–H groups in total. The fraction of sp³-hybridized carbons (Fsp3) is 0.385. The van der Waals surface area contributed by atoms with Gasteiger partial charge < -0.3 is 29.8 Å². The van der Waals surface area contributed by atoms with Crippen LogP contribution in [0.15, 0.2) is 22.8 Å². The highest BCUT2D eigenvalue weighted by Crippen LogP contribution is 2.37. The maximum absolute atomic E-state index is 9.89. The van der Waals surface area contributed by atoms with Crippen molar-refractivity contribution in [2.24, 2.45) is 0 Å². The van der Waals surface area contributed by atoms with Gasteiger partial charge in [0.15, 0.2) is 0 Å². The van der Waals surface area contributed by atoms with Crippen LogP contribution in [-0.4, -0.2) is 51.5 Å². The summed E-state index contributed by atoms with van der Waals surface area (Å²) in [5.41, 5.74) is 0.768. The van der Waals surface area contributed by atoms with E-state index in [1.807, 2.05) is 6.07 Å². The molecule has 6 nitrogen and oxygen atoms in total. The van der Waals surface area contributed by atoms with Crippen LogP contribution in [0.25, 0.3) is 10.9 Å². The van der Waals surface area contributed by atoms with Crippen LogP contribution < -0.4 is 4.74 Å². The number of aliphatic hydroxyl groups excluding tert-OH is 3. The van der Waals surface area contributed by atoms with Crippen LogP contribution >= 0.6 is 27.5 Å². The zero-order valence-corrected chi connectivity index (χ0v) is 13.0. The average Bonchev–Trinajstić information content (AvgIpc) is 2.87. The molecule has 0 amide bonds. The average molecular weight is 379 g/mol. The highest BCUT2D eigenvalue weighted by atomic mass is 79.9. The lowest BCUT2D eigenvalue weighted by molar-refractivity contribution is -0.241. The predicted molar refractivity (Wildman–Crippen MR) is 79.4 cm³/mol. The molecule has 0 saturated carbocycles. The SMILES string of the molecule is O[C@@H]1[C@@H](Oc2c[nH]c3ccc(Br)c(Cl)c23)OC[C@H](O)[C@H]1O. The number of hydrogen-bond acceptors (Lipinski definition) is 5. The second kappa shape index (κ2) is 5.75. The molecule has 0 unspecified atom stereocenters. The fourth-order valence-electron chi connectivity index (χ4n) is 2.23. The first-order valence-electron chi connectivity index (χ1n) is 6.26. The van der Waals surface area contributed by atoms with Crippen LogP contribution in [0.3, 0.4) is 0 Å². The fourth-order valence-corrected chi connectivity index (χ4v) is 2.82. The van der Waals surface area contributed by atoms with E-state index in [1.165, 1.54) is 0 Å². The summed E-state index contributed by atoms with van der Waals surface area (Å²) in [6.07, 6.45) is -3.31. The molecule has 0 bridgehead atoms. The van der Waals surface area contributed by atoms with E-state index in [0.29, 0.717) is 20.6 Å². The van der Waals surface area contributed by atoms with E-state index >= 15 is 0 Å². The van der Waals surface area contributed by atoms with E-state index in [1.54, 1.807) is 12.3 Å². The molecule has 0 spiro atoms. The van der Waals surface area contributed by atoms with Crippen molar-refractivity contribution in [1.29, 1.82) is 0 Å². The van der Waals surface area contributed by atoms with Gasteiger partial charge in [0, 0.05) is 10.7 Å². The molecule has 2 aromatic rings. The number of aromatic amines is 1. The Morgan fingerprint density at radius 2 is 2.05 bits per heavy atom. The van der Waals surface area contributed by atoms with Crippen molar-refractivity contribution in [3.63, 3.8) is 0 Å². The van der Waals surface area contributed by atoms with Crippen molar-refractivity contribution >= 4 is 38.4 Å². The monoisotopic (exact) mass is 377 g/mol. The quantitative estimate of drug-likeness (QED) is 0.634. The zero-order valence-electron chi connectivity index (χ0n) is 10.7. The van der Waals surface area contributed by atoms with Gasteiger partial charge in [0.1, 0.15) is 24.1 Å². The summed E-state index contributed by atoms with van der Waals surface area (Å²) >= 11 is 9.57. The molecule has 1 fully saturated rings. The van der Waals surface area contributed by atoms with E-state index in [9.17, 15) is 15.3 Å². The van der Waals surface area contributed by atoms with Gasteiger partial charge in [-0.05, 0) is 28.1 Å². The first kappa shape index (κ1) is 15.1. The first-order chi connectivity index (χ1) is 9.99. The van der Waals surface area contributed by atoms with Crippen LogP contribution in [-0.2, 0) is 4.74 Å². The number of ether oxygens (including phenoxy) is 2. The Bertz CT molecular complexity index is 663. The summed E-state index contributed by atoms with van der Waals surface area (Å²) < 4.78 is 11.5. The van der Waals surface area contributed by atoms with Crippen molar-refractivity contribution in [3.8, 4) is 5.75 Å². The van der Waals surface area contributed by atoms with E-state index in [0.717, 1.165) is 5.52 Å². The highest BCUT2D eigenvalue weighted by Gasteiger charge is 2.39. The molecule has 8 heteroatoms. The smallest absolute Gasteiger partial charge is 0.229 e. The Morgan fingerprint density at radius 3 is 2.81 bits per heavy atom. The summed E-state index contributed by atoms with van der Waals surface area (Å²) in [6.45, 7) is -0.122. The molecule has 2 heterocycles. The van der Waals surface area contributed by atoms with Crippen molar-refractivity contribution in [3.05, 3.63) is 27.8 Å². The topological polar surface area (TPSA) is 94.9 Å². The summed E-state index contributed by atoms with van der Waals surface area (Å²) in [4.78, 5) is 3.00. The molecule has 1 saturated heterocycles. The predicted octanol–water partition coefficient (Wildman–Crippen LogP) is 1.40. The highest BCUT2D eigenvalue weighted by molar-refractivity contribution is 9.10. The number of hydrogen-bond donors (Lipinski definition) is 4. The Kier molecular flexibility index (Phi) is 4.13. The lowest BCUT2D eigenvalue weighted by atomic mass is 10.1. The number of benzene rings is 1. The maximum Gasteiger partial charge on any atom is 0.229 e. The van der Waals surface area contributed by atoms with Crippen LogP contribution in [0, 0.1) is 0 Å². The van der Waals surface area contributed by atoms with Gasteiger partial charge in [-0.3, -0.25) is 0 Å². The van der Waals surface area contributed by atoms with Crippen molar-refractivity contribution in [1.82, 2.24) is 4.98 Å². The Balaban J connectivity index is 1.90. The molecule has 0 radical (unpaired) electrons.